The molecular weight excluding hydrogens is 413 g/mol. The molecule has 0 fully saturated rings. The van der Waals surface area contributed by atoms with E-state index < -0.39 is 29.0 Å². The lowest BCUT2D eigenvalue weighted by Crippen LogP contribution is -2.17. The number of halogens is 5. The highest BCUT2D eigenvalue weighted by atomic mass is 79.9. The first-order chi connectivity index (χ1) is 11.2. The zero-order chi connectivity index (χ0) is 18.1. The third-order valence-electron chi connectivity index (χ3n) is 3.10. The number of rotatable bonds is 3. The minimum atomic E-state index is -4.75. The van der Waals surface area contributed by atoms with Gasteiger partial charge in [0.1, 0.15) is 11.8 Å². The van der Waals surface area contributed by atoms with Crippen LogP contribution < -0.4 is 0 Å². The highest BCUT2D eigenvalue weighted by Gasteiger charge is 2.41. The smallest absolute Gasteiger partial charge is 0.432 e. The van der Waals surface area contributed by atoms with Gasteiger partial charge in [-0.15, -0.1) is 0 Å². The zero-order valence-corrected chi connectivity index (χ0v) is 14.5. The molecule has 2 aromatic rings. The van der Waals surface area contributed by atoms with Gasteiger partial charge in [-0.2, -0.15) is 18.4 Å². The molecule has 0 saturated carbocycles. The molecule has 0 amide bonds. The summed E-state index contributed by atoms with van der Waals surface area (Å²) in [5.41, 5.74) is -1.00. The van der Waals surface area contributed by atoms with Crippen molar-refractivity contribution in [1.82, 2.24) is 4.57 Å². The van der Waals surface area contributed by atoms with E-state index in [-0.39, 0.29) is 11.3 Å². The van der Waals surface area contributed by atoms with Crippen LogP contribution in [0.5, 0.6) is 0 Å². The Balaban J connectivity index is 2.77. The average Bonchev–Trinajstić information content (AvgIpc) is 2.77. The second-order valence-corrected chi connectivity index (χ2v) is 5.93. The Kier molecular flexibility index (Phi) is 5.26. The molecule has 1 aromatic carbocycles. The van der Waals surface area contributed by atoms with E-state index in [0.29, 0.717) is 10.6 Å². The number of carbonyl (C=O) groups is 1. The monoisotopic (exact) mass is 420 g/mol. The van der Waals surface area contributed by atoms with Crippen molar-refractivity contribution in [3.05, 3.63) is 45.0 Å². The summed E-state index contributed by atoms with van der Waals surface area (Å²) in [5, 5.41) is 9.70. The van der Waals surface area contributed by atoms with E-state index in [0.717, 1.165) is 11.5 Å². The van der Waals surface area contributed by atoms with E-state index >= 15 is 0 Å². The Labute approximate surface area is 148 Å². The lowest BCUT2D eigenvalue weighted by molar-refractivity contribution is -0.153. The standard InChI is InChI=1S/C15H9BrClF3N2O2/c1-8(23)24-7-22-13(9-2-4-10(17)5-3-9)11(6-21)12(16)14(22)15(18,19)20/h2-5H,7H2,1H3. The van der Waals surface area contributed by atoms with Gasteiger partial charge in [0.2, 0.25) is 0 Å². The molecule has 0 aliphatic heterocycles. The number of aromatic nitrogens is 1. The summed E-state index contributed by atoms with van der Waals surface area (Å²) in [5.74, 6) is -0.742. The van der Waals surface area contributed by atoms with Crippen molar-refractivity contribution in [3.8, 4) is 17.3 Å². The van der Waals surface area contributed by atoms with Gasteiger partial charge in [-0.1, -0.05) is 23.7 Å². The number of carbonyl (C=O) groups excluding carboxylic acids is 1. The topological polar surface area (TPSA) is 55.0 Å². The molecule has 9 heteroatoms. The Morgan fingerprint density at radius 3 is 2.42 bits per heavy atom. The lowest BCUT2D eigenvalue weighted by Gasteiger charge is -2.15. The second-order valence-electron chi connectivity index (χ2n) is 4.70. The van der Waals surface area contributed by atoms with E-state index in [2.05, 4.69) is 15.9 Å². The van der Waals surface area contributed by atoms with E-state index in [1.54, 1.807) is 6.07 Å². The maximum Gasteiger partial charge on any atom is 0.432 e. The van der Waals surface area contributed by atoms with Gasteiger partial charge in [0, 0.05) is 11.9 Å². The van der Waals surface area contributed by atoms with Crippen molar-refractivity contribution in [1.29, 1.82) is 5.26 Å². The van der Waals surface area contributed by atoms with Crippen LogP contribution in [0.3, 0.4) is 0 Å². The number of ether oxygens (including phenoxy) is 1. The maximum absolute atomic E-state index is 13.4. The van der Waals surface area contributed by atoms with Crippen LogP contribution in [0.4, 0.5) is 13.2 Å². The predicted octanol–water partition coefficient (Wildman–Crippen LogP) is 4.98. The number of nitrogens with zero attached hydrogens (tertiary/aromatic N) is 2. The SMILES string of the molecule is CC(=O)OCn1c(-c2ccc(Cl)cc2)c(C#N)c(Br)c1C(F)(F)F. The number of benzene rings is 1. The first-order valence-corrected chi connectivity index (χ1v) is 7.62. The molecule has 0 aliphatic rings. The van der Waals surface area contributed by atoms with Crippen molar-refractivity contribution in [2.24, 2.45) is 0 Å². The van der Waals surface area contributed by atoms with Gasteiger partial charge >= 0.3 is 12.1 Å². The Morgan fingerprint density at radius 2 is 1.96 bits per heavy atom. The number of nitriles is 1. The fraction of sp³-hybridized carbons (Fsp3) is 0.200. The summed E-state index contributed by atoms with van der Waals surface area (Å²) >= 11 is 8.63. The minimum absolute atomic E-state index is 0.0189. The van der Waals surface area contributed by atoms with Crippen LogP contribution in [0.1, 0.15) is 18.2 Å². The number of hydrogen-bond acceptors (Lipinski definition) is 3. The van der Waals surface area contributed by atoms with Crippen molar-refractivity contribution in [3.63, 3.8) is 0 Å². The molecule has 24 heavy (non-hydrogen) atoms. The van der Waals surface area contributed by atoms with Crippen LogP contribution in [-0.4, -0.2) is 10.5 Å². The molecular formula is C15H9BrClF3N2O2. The van der Waals surface area contributed by atoms with Crippen LogP contribution in [0.2, 0.25) is 5.02 Å². The molecule has 2 rings (SSSR count). The first-order valence-electron chi connectivity index (χ1n) is 6.45. The Hall–Kier alpha value is -1.98. The summed E-state index contributed by atoms with van der Waals surface area (Å²) in [6, 6.07) is 7.70. The van der Waals surface area contributed by atoms with Gasteiger partial charge in [-0.05, 0) is 33.6 Å². The van der Waals surface area contributed by atoms with Crippen molar-refractivity contribution >= 4 is 33.5 Å². The van der Waals surface area contributed by atoms with Crippen molar-refractivity contribution < 1.29 is 22.7 Å². The van der Waals surface area contributed by atoms with E-state index in [4.69, 9.17) is 16.3 Å². The average molecular weight is 422 g/mol. The fourth-order valence-electron chi connectivity index (χ4n) is 2.16. The summed E-state index contributed by atoms with van der Waals surface area (Å²) in [7, 11) is 0. The van der Waals surface area contributed by atoms with Gasteiger partial charge in [-0.3, -0.25) is 4.79 Å². The van der Waals surface area contributed by atoms with Gasteiger partial charge in [-0.25, -0.2) is 0 Å². The summed E-state index contributed by atoms with van der Waals surface area (Å²) in [4.78, 5) is 11.0. The number of alkyl halides is 3. The van der Waals surface area contributed by atoms with Gasteiger partial charge < -0.3 is 9.30 Å². The van der Waals surface area contributed by atoms with Crippen LogP contribution in [0.15, 0.2) is 28.7 Å². The highest BCUT2D eigenvalue weighted by Crippen LogP contribution is 2.43. The molecule has 1 heterocycles. The first kappa shape index (κ1) is 18.4. The Bertz CT molecular complexity index is 823. The summed E-state index contributed by atoms with van der Waals surface area (Å²) in [6.45, 7) is 0.404. The molecule has 0 N–H and O–H groups in total. The minimum Gasteiger partial charge on any atom is -0.444 e. The van der Waals surface area contributed by atoms with Gasteiger partial charge in [0.15, 0.2) is 6.73 Å². The molecule has 0 radical (unpaired) electrons. The maximum atomic E-state index is 13.4. The molecule has 0 aliphatic carbocycles. The molecule has 0 saturated heterocycles. The molecule has 0 spiro atoms. The predicted molar refractivity (Wildman–Crippen MR) is 84.1 cm³/mol. The molecule has 0 atom stereocenters. The third kappa shape index (κ3) is 3.57. The van der Waals surface area contributed by atoms with Crippen molar-refractivity contribution in [2.75, 3.05) is 0 Å². The Morgan fingerprint density at radius 1 is 1.38 bits per heavy atom. The van der Waals surface area contributed by atoms with E-state index in [9.17, 15) is 23.2 Å². The lowest BCUT2D eigenvalue weighted by atomic mass is 10.1. The van der Waals surface area contributed by atoms with E-state index in [1.165, 1.54) is 24.3 Å². The quantitative estimate of drug-likeness (QED) is 0.657. The zero-order valence-electron chi connectivity index (χ0n) is 12.1. The fourth-order valence-corrected chi connectivity index (χ4v) is 3.00. The molecule has 4 nitrogen and oxygen atoms in total. The van der Waals surface area contributed by atoms with Crippen LogP contribution in [0, 0.1) is 11.3 Å². The normalized spacial score (nSPS) is 11.2. The van der Waals surface area contributed by atoms with Crippen LogP contribution in [-0.2, 0) is 22.4 Å². The van der Waals surface area contributed by atoms with Crippen LogP contribution in [0.25, 0.3) is 11.3 Å². The molecule has 1 aromatic heterocycles. The van der Waals surface area contributed by atoms with E-state index in [1.807, 2.05) is 0 Å². The van der Waals surface area contributed by atoms with Crippen molar-refractivity contribution in [2.45, 2.75) is 19.8 Å². The highest BCUT2D eigenvalue weighted by molar-refractivity contribution is 9.10. The van der Waals surface area contributed by atoms with Gasteiger partial charge in [0.05, 0.1) is 15.7 Å². The molecule has 126 valence electrons. The summed E-state index contributed by atoms with van der Waals surface area (Å²) < 4.78 is 45.3. The second kappa shape index (κ2) is 6.87. The summed E-state index contributed by atoms with van der Waals surface area (Å²) in [6.07, 6.45) is -4.75. The molecule has 0 unspecified atom stereocenters. The number of hydrogen-bond donors (Lipinski definition) is 0. The van der Waals surface area contributed by atoms with Crippen LogP contribution >= 0.6 is 27.5 Å². The molecule has 0 bridgehead atoms. The van der Waals surface area contributed by atoms with Gasteiger partial charge in [0.25, 0.3) is 0 Å². The number of esters is 1. The third-order valence-corrected chi connectivity index (χ3v) is 4.12. The largest absolute Gasteiger partial charge is 0.444 e.